The van der Waals surface area contributed by atoms with E-state index in [1.54, 1.807) is 17.6 Å². The molecule has 0 aliphatic heterocycles. The lowest BCUT2D eigenvalue weighted by Crippen LogP contribution is -2.24. The van der Waals surface area contributed by atoms with Crippen LogP contribution in [0.15, 0.2) is 61.4 Å². The number of hydrogen-bond donors (Lipinski definition) is 4. The number of benzene rings is 2. The molecular weight excluding hydrogens is 747 g/mol. The van der Waals surface area contributed by atoms with Gasteiger partial charge >= 0.3 is 5.97 Å². The molecule has 1 amide bonds. The lowest BCUT2D eigenvalue weighted by molar-refractivity contribution is 0.0695. The molecule has 14 heteroatoms. The van der Waals surface area contributed by atoms with Crippen LogP contribution in [0, 0.1) is 39.5 Å². The Hall–Kier alpha value is -6.44. The molecule has 59 heavy (non-hydrogen) atoms. The molecule has 4 heterocycles. The number of nitrogens with one attached hydrogen (secondary N) is 3. The van der Waals surface area contributed by atoms with Gasteiger partial charge in [0.1, 0.15) is 23.7 Å². The normalized spacial score (nSPS) is 13.1. The third kappa shape index (κ3) is 9.82. The van der Waals surface area contributed by atoms with E-state index in [2.05, 4.69) is 36.1 Å². The SMILES string of the molecule is C.C.CCCNC(=O)c1cn2ncnc(Nc3cc(C(=O)CC4CC4)ccc3C)c2c1C.Cc1ccc(C(=O)CC2CC2)cc1Nc1ncnn2cc(C(=O)O)c(C)c12. The Morgan fingerprint density at radius 2 is 1.14 bits per heavy atom. The zero-order valence-corrected chi connectivity index (χ0v) is 32.8. The van der Waals surface area contributed by atoms with Gasteiger partial charge in [-0.1, -0.05) is 46.0 Å². The van der Waals surface area contributed by atoms with Gasteiger partial charge in [-0.2, -0.15) is 10.2 Å². The first-order valence-corrected chi connectivity index (χ1v) is 19.4. The summed E-state index contributed by atoms with van der Waals surface area (Å²) in [5.74, 6) is 1.41. The highest BCUT2D eigenvalue weighted by Gasteiger charge is 2.27. The minimum absolute atomic E-state index is 0. The van der Waals surface area contributed by atoms with Gasteiger partial charge < -0.3 is 21.1 Å². The molecule has 310 valence electrons. The second-order valence-corrected chi connectivity index (χ2v) is 15.2. The van der Waals surface area contributed by atoms with Gasteiger partial charge in [-0.15, -0.1) is 0 Å². The summed E-state index contributed by atoms with van der Waals surface area (Å²) in [6.45, 7) is 10.2. The summed E-state index contributed by atoms with van der Waals surface area (Å²) in [6.07, 6.45) is 12.7. The Morgan fingerprint density at radius 1 is 0.695 bits per heavy atom. The van der Waals surface area contributed by atoms with Crippen LogP contribution in [-0.2, 0) is 0 Å². The van der Waals surface area contributed by atoms with Gasteiger partial charge in [-0.05, 0) is 106 Å². The standard InChI is InChI=1S/C23H27N5O2.C20H20N4O3.2CH4/c1-4-9-24-23(30)18-12-28-21(15(18)3)22(25-13-26-28)27-19-11-17(8-5-14(19)2)20(29)10-16-6-7-16;1-11-3-6-14(17(25)7-13-4-5-13)8-16(11)23-19-18-12(2)15(20(26)27)9-24(18)22-10-21-19;;/h5,8,11-13,16H,4,6-7,9-10H2,1-3H3,(H,24,30)(H,25,26,27);3,6,8-10,13H,4-5,7H2,1-2H3,(H,26,27)(H,21,22,23);2*1H4. The van der Waals surface area contributed by atoms with Gasteiger partial charge in [0, 0.05) is 54.3 Å². The molecule has 0 bridgehead atoms. The maximum Gasteiger partial charge on any atom is 0.337 e. The summed E-state index contributed by atoms with van der Waals surface area (Å²) < 4.78 is 3.18. The number of fused-ring (bicyclic) bond motifs is 2. The number of hydrogen-bond acceptors (Lipinski definition) is 10. The minimum atomic E-state index is -1.01. The smallest absolute Gasteiger partial charge is 0.337 e. The Kier molecular flexibility index (Phi) is 13.6. The molecule has 0 radical (unpaired) electrons. The average molecular weight is 802 g/mol. The van der Waals surface area contributed by atoms with E-state index in [9.17, 15) is 24.3 Å². The molecule has 2 aromatic carbocycles. The number of nitrogens with zero attached hydrogens (tertiary/aromatic N) is 6. The van der Waals surface area contributed by atoms with E-state index in [0.29, 0.717) is 70.6 Å². The van der Waals surface area contributed by atoms with Crippen LogP contribution in [-0.4, -0.2) is 64.3 Å². The highest BCUT2D eigenvalue weighted by molar-refractivity contribution is 6.00. The van der Waals surface area contributed by atoms with Crippen molar-refractivity contribution in [2.45, 2.75) is 94.4 Å². The molecule has 0 spiro atoms. The van der Waals surface area contributed by atoms with Crippen LogP contribution in [0.1, 0.15) is 130 Å². The summed E-state index contributed by atoms with van der Waals surface area (Å²) in [5, 5.41) is 27.2. The number of aryl methyl sites for hydroxylation is 4. The predicted molar refractivity (Wildman–Crippen MR) is 231 cm³/mol. The van der Waals surface area contributed by atoms with Crippen LogP contribution in [0.5, 0.6) is 0 Å². The van der Waals surface area contributed by atoms with Crippen molar-refractivity contribution in [3.8, 4) is 0 Å². The van der Waals surface area contributed by atoms with E-state index in [1.165, 1.54) is 23.4 Å². The molecule has 4 aromatic heterocycles. The molecule has 0 unspecified atom stereocenters. The summed E-state index contributed by atoms with van der Waals surface area (Å²) >= 11 is 0. The second-order valence-electron chi connectivity index (χ2n) is 15.2. The molecule has 4 N–H and O–H groups in total. The number of carbonyl (C=O) groups is 4. The summed E-state index contributed by atoms with van der Waals surface area (Å²) in [7, 11) is 0. The van der Waals surface area contributed by atoms with Crippen molar-refractivity contribution in [3.63, 3.8) is 0 Å². The average Bonchev–Trinajstić information content (AvgIpc) is 4.13. The number of anilines is 4. The van der Waals surface area contributed by atoms with Crippen LogP contribution < -0.4 is 16.0 Å². The van der Waals surface area contributed by atoms with Crippen LogP contribution in [0.2, 0.25) is 0 Å². The third-order valence-corrected chi connectivity index (χ3v) is 10.6. The number of carboxylic acids is 1. The number of amides is 1. The Bertz CT molecular complexity index is 2530. The van der Waals surface area contributed by atoms with Crippen molar-refractivity contribution in [1.82, 2.24) is 34.5 Å². The van der Waals surface area contributed by atoms with Crippen LogP contribution in [0.4, 0.5) is 23.0 Å². The van der Waals surface area contributed by atoms with Crippen molar-refractivity contribution in [2.24, 2.45) is 11.8 Å². The molecule has 14 nitrogen and oxygen atoms in total. The molecule has 0 saturated heterocycles. The largest absolute Gasteiger partial charge is 0.478 e. The topological polar surface area (TPSA) is 185 Å². The molecule has 8 rings (SSSR count). The van der Waals surface area contributed by atoms with Crippen molar-refractivity contribution < 1.29 is 24.3 Å². The van der Waals surface area contributed by atoms with Crippen LogP contribution in [0.3, 0.4) is 0 Å². The van der Waals surface area contributed by atoms with Gasteiger partial charge in [0.25, 0.3) is 5.91 Å². The number of carbonyl (C=O) groups excluding carboxylic acids is 3. The van der Waals surface area contributed by atoms with Gasteiger partial charge in [0.15, 0.2) is 23.2 Å². The molecule has 0 atom stereocenters. The summed E-state index contributed by atoms with van der Waals surface area (Å²) in [4.78, 5) is 57.6. The Labute approximate surface area is 344 Å². The fourth-order valence-corrected chi connectivity index (χ4v) is 6.80. The first kappa shape index (κ1) is 43.7. The van der Waals surface area contributed by atoms with E-state index in [4.69, 9.17) is 0 Å². The van der Waals surface area contributed by atoms with Gasteiger partial charge in [-0.25, -0.2) is 23.8 Å². The van der Waals surface area contributed by atoms with Crippen molar-refractivity contribution in [3.05, 3.63) is 106 Å². The first-order valence-electron chi connectivity index (χ1n) is 19.4. The molecular formula is C45H55N9O5. The van der Waals surface area contributed by atoms with E-state index in [0.717, 1.165) is 65.7 Å². The minimum Gasteiger partial charge on any atom is -0.478 e. The van der Waals surface area contributed by atoms with E-state index < -0.39 is 5.97 Å². The Balaban J connectivity index is 0.000000218. The zero-order valence-electron chi connectivity index (χ0n) is 32.8. The number of aromatic nitrogens is 6. The molecule has 2 fully saturated rings. The lowest BCUT2D eigenvalue weighted by atomic mass is 10.0. The first-order chi connectivity index (χ1) is 27.4. The number of carboxylic acid groups (broad SMARTS) is 1. The van der Waals surface area contributed by atoms with Crippen molar-refractivity contribution >= 4 is 57.5 Å². The van der Waals surface area contributed by atoms with Gasteiger partial charge in [0.05, 0.1) is 11.1 Å². The van der Waals surface area contributed by atoms with E-state index in [-0.39, 0.29) is 37.9 Å². The lowest BCUT2D eigenvalue weighted by Gasteiger charge is -2.12. The number of aromatic carboxylic acids is 1. The van der Waals surface area contributed by atoms with E-state index >= 15 is 0 Å². The molecule has 2 aliphatic rings. The zero-order chi connectivity index (χ0) is 40.4. The molecule has 6 aromatic rings. The Morgan fingerprint density at radius 3 is 1.56 bits per heavy atom. The highest BCUT2D eigenvalue weighted by atomic mass is 16.4. The summed E-state index contributed by atoms with van der Waals surface area (Å²) in [5.41, 5.74) is 8.49. The van der Waals surface area contributed by atoms with Gasteiger partial charge in [0.2, 0.25) is 0 Å². The number of rotatable bonds is 14. The van der Waals surface area contributed by atoms with Crippen molar-refractivity contribution in [1.29, 1.82) is 0 Å². The summed E-state index contributed by atoms with van der Waals surface area (Å²) in [6, 6.07) is 11.3. The maximum absolute atomic E-state index is 12.5. The predicted octanol–water partition coefficient (Wildman–Crippen LogP) is 9.26. The van der Waals surface area contributed by atoms with Gasteiger partial charge in [-0.3, -0.25) is 14.4 Å². The van der Waals surface area contributed by atoms with E-state index in [1.807, 2.05) is 64.1 Å². The fraction of sp³-hybridized carbons (Fsp3) is 0.378. The quantitative estimate of drug-likeness (QED) is 0.0770. The second kappa shape index (κ2) is 18.4. The molecule has 2 saturated carbocycles. The third-order valence-electron chi connectivity index (χ3n) is 10.6. The maximum atomic E-state index is 12.5. The van der Waals surface area contributed by atoms with Crippen molar-refractivity contribution in [2.75, 3.05) is 17.2 Å². The fourth-order valence-electron chi connectivity index (χ4n) is 6.80. The molecule has 2 aliphatic carbocycles. The highest BCUT2D eigenvalue weighted by Crippen LogP contribution is 2.36. The van der Waals surface area contributed by atoms with Crippen LogP contribution >= 0.6 is 0 Å². The number of Topliss-reactive ketones (excluding diaryl/α,β-unsaturated/α-hetero) is 2. The number of ketones is 2. The monoisotopic (exact) mass is 801 g/mol. The van der Waals surface area contributed by atoms with Crippen LogP contribution in [0.25, 0.3) is 11.0 Å².